The molecule has 0 aliphatic carbocycles. The average Bonchev–Trinajstić information content (AvgIpc) is 2.20. The molecule has 0 aromatic rings. The van der Waals surface area contributed by atoms with Gasteiger partial charge in [-0.15, -0.1) is 0 Å². The van der Waals surface area contributed by atoms with Crippen LogP contribution in [-0.2, 0) is 4.74 Å². The Bertz CT molecular complexity index is 221. The maximum atomic E-state index is 6.34. The van der Waals surface area contributed by atoms with Crippen LogP contribution in [0.1, 0.15) is 61.3 Å². The van der Waals surface area contributed by atoms with Crippen molar-refractivity contribution in [3.63, 3.8) is 0 Å². The summed E-state index contributed by atoms with van der Waals surface area (Å²) in [5.74, 6) is 2.90. The van der Waals surface area contributed by atoms with Crippen molar-refractivity contribution >= 4 is 0 Å². The first kappa shape index (κ1) is 14.0. The van der Waals surface area contributed by atoms with Crippen LogP contribution in [0.15, 0.2) is 0 Å². The molecule has 1 aliphatic heterocycles. The smallest absolute Gasteiger partial charge is 0.0638 e. The maximum absolute atomic E-state index is 6.34. The molecule has 0 bridgehead atoms. The molecule has 1 heteroatoms. The van der Waals surface area contributed by atoms with Crippen molar-refractivity contribution in [3.05, 3.63) is 0 Å². The van der Waals surface area contributed by atoms with Crippen LogP contribution in [0.5, 0.6) is 0 Å². The average molecular weight is 226 g/mol. The summed E-state index contributed by atoms with van der Waals surface area (Å²) in [6.45, 7) is 16.2. The standard InChI is InChI=1S/C15H30O/c1-8-10(2)12(4)14-13(5)11(3)9-15(6,7)16-14/h10-14H,8-9H2,1-7H3/t10-,11?,12-,13?,14?/m1/s1. The van der Waals surface area contributed by atoms with E-state index >= 15 is 0 Å². The van der Waals surface area contributed by atoms with E-state index in [1.807, 2.05) is 0 Å². The SMILES string of the molecule is CC[C@@H](C)[C@@H](C)C1OC(C)(C)CC(C)C1C. The van der Waals surface area contributed by atoms with Gasteiger partial charge in [0.15, 0.2) is 0 Å². The Labute approximate surface area is 102 Å². The molecular weight excluding hydrogens is 196 g/mol. The summed E-state index contributed by atoms with van der Waals surface area (Å²) < 4.78 is 6.34. The van der Waals surface area contributed by atoms with Gasteiger partial charge < -0.3 is 4.74 Å². The van der Waals surface area contributed by atoms with Crippen LogP contribution in [0.2, 0.25) is 0 Å². The van der Waals surface area contributed by atoms with Gasteiger partial charge in [0.2, 0.25) is 0 Å². The van der Waals surface area contributed by atoms with Gasteiger partial charge in [-0.3, -0.25) is 0 Å². The second kappa shape index (κ2) is 5.08. The fraction of sp³-hybridized carbons (Fsp3) is 1.00. The highest BCUT2D eigenvalue weighted by atomic mass is 16.5. The van der Waals surface area contributed by atoms with E-state index in [9.17, 15) is 0 Å². The first-order valence-corrected chi connectivity index (χ1v) is 6.96. The third kappa shape index (κ3) is 3.00. The molecule has 1 saturated heterocycles. The van der Waals surface area contributed by atoms with Crippen LogP contribution >= 0.6 is 0 Å². The van der Waals surface area contributed by atoms with Gasteiger partial charge >= 0.3 is 0 Å². The van der Waals surface area contributed by atoms with E-state index in [0.717, 1.165) is 11.8 Å². The normalized spacial score (nSPS) is 38.1. The van der Waals surface area contributed by atoms with E-state index in [0.29, 0.717) is 17.9 Å². The number of ether oxygens (including phenoxy) is 1. The minimum atomic E-state index is 0.0678. The van der Waals surface area contributed by atoms with E-state index in [2.05, 4.69) is 48.5 Å². The van der Waals surface area contributed by atoms with Crippen LogP contribution in [-0.4, -0.2) is 11.7 Å². The van der Waals surface area contributed by atoms with Crippen molar-refractivity contribution < 1.29 is 4.74 Å². The molecule has 0 aromatic carbocycles. The number of hydrogen-bond acceptors (Lipinski definition) is 1. The molecule has 0 aromatic heterocycles. The van der Waals surface area contributed by atoms with Crippen molar-refractivity contribution in [2.24, 2.45) is 23.7 Å². The summed E-state index contributed by atoms with van der Waals surface area (Å²) >= 11 is 0. The first-order chi connectivity index (χ1) is 7.28. The summed E-state index contributed by atoms with van der Waals surface area (Å²) in [6, 6.07) is 0. The zero-order valence-electron chi connectivity index (χ0n) is 12.2. The second-order valence-electron chi connectivity index (χ2n) is 6.63. The Morgan fingerprint density at radius 1 is 1.25 bits per heavy atom. The monoisotopic (exact) mass is 226 g/mol. The van der Waals surface area contributed by atoms with Crippen LogP contribution in [0, 0.1) is 23.7 Å². The van der Waals surface area contributed by atoms with Gasteiger partial charge in [0.25, 0.3) is 0 Å². The quantitative estimate of drug-likeness (QED) is 0.688. The van der Waals surface area contributed by atoms with E-state index in [-0.39, 0.29) is 5.60 Å². The fourth-order valence-corrected chi connectivity index (χ4v) is 3.09. The molecular formula is C15H30O. The topological polar surface area (TPSA) is 9.23 Å². The fourth-order valence-electron chi connectivity index (χ4n) is 3.09. The molecule has 1 aliphatic rings. The van der Waals surface area contributed by atoms with Crippen LogP contribution in [0.25, 0.3) is 0 Å². The van der Waals surface area contributed by atoms with E-state index in [1.165, 1.54) is 12.8 Å². The van der Waals surface area contributed by atoms with Gasteiger partial charge in [-0.1, -0.05) is 41.0 Å². The lowest BCUT2D eigenvalue weighted by Crippen LogP contribution is -2.48. The van der Waals surface area contributed by atoms with Crippen molar-refractivity contribution in [2.75, 3.05) is 0 Å². The lowest BCUT2D eigenvalue weighted by molar-refractivity contribution is -0.174. The zero-order valence-corrected chi connectivity index (χ0v) is 12.2. The summed E-state index contributed by atoms with van der Waals surface area (Å²) in [6.07, 6.45) is 2.88. The highest BCUT2D eigenvalue weighted by molar-refractivity contribution is 4.89. The third-order valence-corrected chi connectivity index (χ3v) is 4.74. The highest BCUT2D eigenvalue weighted by Crippen LogP contribution is 2.40. The molecule has 3 unspecified atom stereocenters. The van der Waals surface area contributed by atoms with Gasteiger partial charge in [-0.05, 0) is 43.9 Å². The van der Waals surface area contributed by atoms with Crippen LogP contribution in [0.3, 0.4) is 0 Å². The third-order valence-electron chi connectivity index (χ3n) is 4.74. The maximum Gasteiger partial charge on any atom is 0.0638 e. The first-order valence-electron chi connectivity index (χ1n) is 6.96. The Morgan fingerprint density at radius 3 is 2.31 bits per heavy atom. The second-order valence-corrected chi connectivity index (χ2v) is 6.63. The summed E-state index contributed by atoms with van der Waals surface area (Å²) in [7, 11) is 0. The lowest BCUT2D eigenvalue weighted by atomic mass is 9.73. The summed E-state index contributed by atoms with van der Waals surface area (Å²) in [4.78, 5) is 0. The van der Waals surface area contributed by atoms with E-state index in [4.69, 9.17) is 4.74 Å². The van der Waals surface area contributed by atoms with Crippen molar-refractivity contribution in [1.29, 1.82) is 0 Å². The minimum absolute atomic E-state index is 0.0678. The van der Waals surface area contributed by atoms with Crippen molar-refractivity contribution in [2.45, 2.75) is 73.0 Å². The highest BCUT2D eigenvalue weighted by Gasteiger charge is 2.41. The molecule has 1 fully saturated rings. The molecule has 0 saturated carbocycles. The molecule has 5 atom stereocenters. The van der Waals surface area contributed by atoms with E-state index in [1.54, 1.807) is 0 Å². The van der Waals surface area contributed by atoms with Gasteiger partial charge in [0, 0.05) is 0 Å². The van der Waals surface area contributed by atoms with Gasteiger partial charge in [0.1, 0.15) is 0 Å². The molecule has 0 amide bonds. The van der Waals surface area contributed by atoms with Gasteiger partial charge in [-0.2, -0.15) is 0 Å². The summed E-state index contributed by atoms with van der Waals surface area (Å²) in [5.41, 5.74) is 0.0678. The molecule has 1 rings (SSSR count). The molecule has 0 spiro atoms. The lowest BCUT2D eigenvalue weighted by Gasteiger charge is -2.47. The molecule has 1 nitrogen and oxygen atoms in total. The Kier molecular flexibility index (Phi) is 4.45. The van der Waals surface area contributed by atoms with Gasteiger partial charge in [0.05, 0.1) is 11.7 Å². The van der Waals surface area contributed by atoms with Crippen molar-refractivity contribution in [1.82, 2.24) is 0 Å². The van der Waals surface area contributed by atoms with Crippen LogP contribution < -0.4 is 0 Å². The number of hydrogen-bond donors (Lipinski definition) is 0. The number of rotatable bonds is 3. The van der Waals surface area contributed by atoms with Crippen molar-refractivity contribution in [3.8, 4) is 0 Å². The molecule has 1 heterocycles. The Morgan fingerprint density at radius 2 is 1.81 bits per heavy atom. The largest absolute Gasteiger partial charge is 0.372 e. The van der Waals surface area contributed by atoms with E-state index < -0.39 is 0 Å². The minimum Gasteiger partial charge on any atom is -0.372 e. The molecule has 96 valence electrons. The molecule has 0 N–H and O–H groups in total. The Balaban J connectivity index is 2.77. The summed E-state index contributed by atoms with van der Waals surface area (Å²) in [5, 5.41) is 0. The predicted octanol–water partition coefficient (Wildman–Crippen LogP) is 4.51. The molecule has 16 heavy (non-hydrogen) atoms. The molecule has 0 radical (unpaired) electrons. The zero-order chi connectivity index (χ0) is 12.5. The van der Waals surface area contributed by atoms with Gasteiger partial charge in [-0.25, -0.2) is 0 Å². The Hall–Kier alpha value is -0.0400. The van der Waals surface area contributed by atoms with Crippen LogP contribution in [0.4, 0.5) is 0 Å². The predicted molar refractivity (Wildman–Crippen MR) is 70.5 cm³/mol.